The van der Waals surface area contributed by atoms with Crippen LogP contribution in [-0.2, 0) is 6.54 Å². The second kappa shape index (κ2) is 7.31. The first-order valence-electron chi connectivity index (χ1n) is 9.30. The Bertz CT molecular complexity index is 1430. The molecule has 0 aliphatic rings. The molecule has 4 heterocycles. The molecule has 0 amide bonds. The highest BCUT2D eigenvalue weighted by molar-refractivity contribution is 7.21. The largest absolute Gasteiger partial charge is 0.493 e. The number of benzene rings is 1. The maximum absolute atomic E-state index is 13.1. The van der Waals surface area contributed by atoms with Crippen LogP contribution in [0.25, 0.3) is 31.7 Å². The molecule has 0 unspecified atom stereocenters. The fourth-order valence-corrected chi connectivity index (χ4v) is 4.59. The molecule has 8 heteroatoms. The van der Waals surface area contributed by atoms with Crippen molar-refractivity contribution >= 4 is 32.6 Å². The number of thiophene rings is 1. The number of pyridine rings is 1. The van der Waals surface area contributed by atoms with Crippen molar-refractivity contribution < 1.29 is 9.47 Å². The number of aromatic nitrogens is 4. The van der Waals surface area contributed by atoms with Crippen molar-refractivity contribution in [2.45, 2.75) is 6.54 Å². The average Bonchev–Trinajstić information content (AvgIpc) is 3.42. The molecule has 0 atom stereocenters. The number of ether oxygens (including phenoxy) is 2. The zero-order chi connectivity index (χ0) is 20.7. The molecule has 0 saturated heterocycles. The molecule has 1 N–H and O–H groups in total. The lowest BCUT2D eigenvalue weighted by molar-refractivity contribution is 0.354. The lowest BCUT2D eigenvalue weighted by Gasteiger charge is -2.10. The van der Waals surface area contributed by atoms with Crippen molar-refractivity contribution in [3.63, 3.8) is 0 Å². The first kappa shape index (κ1) is 18.4. The summed E-state index contributed by atoms with van der Waals surface area (Å²) in [5.74, 6) is 1.28. The lowest BCUT2D eigenvalue weighted by Crippen LogP contribution is -2.20. The molecular formula is C22H18N4O3S. The fraction of sp³-hybridized carbons (Fsp3) is 0.136. The van der Waals surface area contributed by atoms with E-state index in [1.165, 1.54) is 11.3 Å². The number of methoxy groups -OCH3 is 2. The third kappa shape index (κ3) is 3.02. The van der Waals surface area contributed by atoms with Gasteiger partial charge in [-0.05, 0) is 35.9 Å². The number of hydrogen-bond donors (Lipinski definition) is 1. The summed E-state index contributed by atoms with van der Waals surface area (Å²) in [5.41, 5.74) is 2.71. The van der Waals surface area contributed by atoms with Crippen LogP contribution in [0.1, 0.15) is 5.56 Å². The Morgan fingerprint density at radius 1 is 1.03 bits per heavy atom. The minimum atomic E-state index is -0.0725. The van der Waals surface area contributed by atoms with Gasteiger partial charge in [-0.2, -0.15) is 0 Å². The van der Waals surface area contributed by atoms with Gasteiger partial charge in [0.15, 0.2) is 11.5 Å². The van der Waals surface area contributed by atoms with E-state index in [1.807, 2.05) is 42.6 Å². The van der Waals surface area contributed by atoms with E-state index in [2.05, 4.69) is 15.0 Å². The van der Waals surface area contributed by atoms with Crippen LogP contribution in [0.3, 0.4) is 0 Å². The summed E-state index contributed by atoms with van der Waals surface area (Å²) in [4.78, 5) is 26.8. The molecule has 0 fully saturated rings. The molecule has 4 aromatic heterocycles. The zero-order valence-electron chi connectivity index (χ0n) is 16.4. The van der Waals surface area contributed by atoms with Crippen molar-refractivity contribution in [2.24, 2.45) is 0 Å². The number of nitrogens with zero attached hydrogens (tertiary/aromatic N) is 3. The molecule has 0 aliphatic carbocycles. The third-order valence-corrected chi connectivity index (χ3v) is 6.12. The first-order chi connectivity index (χ1) is 14.7. The second-order valence-electron chi connectivity index (χ2n) is 6.79. The van der Waals surface area contributed by atoms with Gasteiger partial charge in [-0.25, -0.2) is 9.97 Å². The van der Waals surface area contributed by atoms with Crippen LogP contribution in [0.15, 0.2) is 59.9 Å². The molecule has 0 spiro atoms. The van der Waals surface area contributed by atoms with E-state index in [4.69, 9.17) is 9.47 Å². The summed E-state index contributed by atoms with van der Waals surface area (Å²) in [6, 6.07) is 11.5. The van der Waals surface area contributed by atoms with Gasteiger partial charge in [-0.1, -0.05) is 6.07 Å². The van der Waals surface area contributed by atoms with Gasteiger partial charge in [0.05, 0.1) is 32.5 Å². The van der Waals surface area contributed by atoms with Gasteiger partial charge in [0.1, 0.15) is 10.5 Å². The van der Waals surface area contributed by atoms with Crippen LogP contribution >= 0.6 is 11.3 Å². The Labute approximate surface area is 175 Å². The fourth-order valence-electron chi connectivity index (χ4n) is 3.56. The standard InChI is InChI=1S/C22H18N4O3S/c1-28-17-4-3-13(9-18(17)29-2)11-26-12-25-21-16(22(26)27)10-19(30-21)14-5-7-23-20-15(14)6-8-24-20/h3-10,12H,11H2,1-2H3,(H,23,24). The smallest absolute Gasteiger partial charge is 0.262 e. The van der Waals surface area contributed by atoms with E-state index >= 15 is 0 Å². The second-order valence-corrected chi connectivity index (χ2v) is 7.83. The predicted octanol–water partition coefficient (Wildman–Crippen LogP) is 4.07. The van der Waals surface area contributed by atoms with Gasteiger partial charge in [-0.3, -0.25) is 9.36 Å². The Kier molecular flexibility index (Phi) is 4.48. The highest BCUT2D eigenvalue weighted by Crippen LogP contribution is 2.34. The normalized spacial score (nSPS) is 11.3. The predicted molar refractivity (Wildman–Crippen MR) is 118 cm³/mol. The van der Waals surface area contributed by atoms with Gasteiger partial charge in [0.25, 0.3) is 5.56 Å². The molecule has 5 aromatic rings. The van der Waals surface area contributed by atoms with Crippen LogP contribution in [0.5, 0.6) is 11.5 Å². The van der Waals surface area contributed by atoms with E-state index in [9.17, 15) is 4.79 Å². The minimum Gasteiger partial charge on any atom is -0.493 e. The Hall–Kier alpha value is -3.65. The maximum atomic E-state index is 13.1. The number of nitrogens with one attached hydrogen (secondary N) is 1. The SMILES string of the molecule is COc1ccc(Cn2cnc3sc(-c4ccnc5[nH]ccc45)cc3c2=O)cc1OC. The monoisotopic (exact) mass is 418 g/mol. The van der Waals surface area contributed by atoms with Crippen LogP contribution in [0, 0.1) is 0 Å². The third-order valence-electron chi connectivity index (χ3n) is 5.04. The number of H-pyrrole nitrogens is 1. The molecule has 0 aliphatic heterocycles. The average molecular weight is 418 g/mol. The molecule has 7 nitrogen and oxygen atoms in total. The van der Waals surface area contributed by atoms with Gasteiger partial charge in [-0.15, -0.1) is 11.3 Å². The lowest BCUT2D eigenvalue weighted by atomic mass is 10.1. The number of fused-ring (bicyclic) bond motifs is 2. The van der Waals surface area contributed by atoms with Crippen molar-refractivity contribution in [1.29, 1.82) is 0 Å². The van der Waals surface area contributed by atoms with Crippen molar-refractivity contribution in [2.75, 3.05) is 14.2 Å². The number of aromatic amines is 1. The minimum absolute atomic E-state index is 0.0725. The highest BCUT2D eigenvalue weighted by Gasteiger charge is 2.14. The van der Waals surface area contributed by atoms with Crippen molar-refractivity contribution in [3.05, 3.63) is 71.0 Å². The van der Waals surface area contributed by atoms with Crippen LogP contribution in [0.2, 0.25) is 0 Å². The molecule has 5 rings (SSSR count). The molecule has 0 saturated carbocycles. The Balaban J connectivity index is 1.55. The van der Waals surface area contributed by atoms with Crippen LogP contribution in [-0.4, -0.2) is 33.7 Å². The molecule has 0 radical (unpaired) electrons. The molecule has 30 heavy (non-hydrogen) atoms. The van der Waals surface area contributed by atoms with Crippen LogP contribution in [0.4, 0.5) is 0 Å². The number of hydrogen-bond acceptors (Lipinski definition) is 6. The molecule has 0 bridgehead atoms. The highest BCUT2D eigenvalue weighted by atomic mass is 32.1. The van der Waals surface area contributed by atoms with Gasteiger partial charge in [0, 0.05) is 28.2 Å². The molecule has 150 valence electrons. The van der Waals surface area contributed by atoms with Crippen molar-refractivity contribution in [3.8, 4) is 21.9 Å². The summed E-state index contributed by atoms with van der Waals surface area (Å²) in [6.45, 7) is 0.393. The van der Waals surface area contributed by atoms with E-state index < -0.39 is 0 Å². The zero-order valence-corrected chi connectivity index (χ0v) is 17.2. The van der Waals surface area contributed by atoms with Gasteiger partial charge in [0.2, 0.25) is 0 Å². The Morgan fingerprint density at radius 3 is 2.73 bits per heavy atom. The van der Waals surface area contributed by atoms with Crippen molar-refractivity contribution in [1.82, 2.24) is 19.5 Å². The summed E-state index contributed by atoms with van der Waals surface area (Å²) >= 11 is 1.51. The first-order valence-corrected chi connectivity index (χ1v) is 10.1. The van der Waals surface area contributed by atoms with E-state index in [0.29, 0.717) is 23.4 Å². The summed E-state index contributed by atoms with van der Waals surface area (Å²) in [5, 5.41) is 1.63. The van der Waals surface area contributed by atoms with Gasteiger partial charge >= 0.3 is 0 Å². The maximum Gasteiger partial charge on any atom is 0.262 e. The summed E-state index contributed by atoms with van der Waals surface area (Å²) in [6.07, 6.45) is 5.23. The van der Waals surface area contributed by atoms with Gasteiger partial charge < -0.3 is 14.5 Å². The topological polar surface area (TPSA) is 82.0 Å². The van der Waals surface area contributed by atoms with E-state index in [0.717, 1.165) is 31.9 Å². The van der Waals surface area contributed by atoms with E-state index in [-0.39, 0.29) is 5.56 Å². The quantitative estimate of drug-likeness (QED) is 0.465. The summed E-state index contributed by atoms with van der Waals surface area (Å²) in [7, 11) is 3.19. The number of rotatable bonds is 5. The van der Waals surface area contributed by atoms with E-state index in [1.54, 1.807) is 31.3 Å². The summed E-state index contributed by atoms with van der Waals surface area (Å²) < 4.78 is 12.3. The molecule has 1 aromatic carbocycles. The molecular weight excluding hydrogens is 400 g/mol. The van der Waals surface area contributed by atoms with Crippen LogP contribution < -0.4 is 15.0 Å². The Morgan fingerprint density at radius 2 is 1.90 bits per heavy atom.